The number of hydrogen-bond donors (Lipinski definition) is 1. The third-order valence-corrected chi connectivity index (χ3v) is 4.34. The minimum Gasteiger partial charge on any atom is -0.398 e. The van der Waals surface area contributed by atoms with E-state index in [-0.39, 0.29) is 0 Å². The van der Waals surface area contributed by atoms with Gasteiger partial charge in [0.05, 0.1) is 10.7 Å². The number of benzene rings is 2. The molecule has 0 radical (unpaired) electrons. The lowest BCUT2D eigenvalue weighted by Crippen LogP contribution is -2.01. The van der Waals surface area contributed by atoms with Crippen LogP contribution in [0.2, 0.25) is 10.0 Å². The molecule has 1 aromatic heterocycles. The summed E-state index contributed by atoms with van der Waals surface area (Å²) in [5.74, 6) is 0.516. The first-order valence-electron chi connectivity index (χ1n) is 5.85. The van der Waals surface area contributed by atoms with E-state index >= 15 is 0 Å². The maximum Gasteiger partial charge on any atom is 0.189 e. The molecule has 0 aliphatic carbocycles. The van der Waals surface area contributed by atoms with Crippen molar-refractivity contribution in [1.29, 1.82) is 0 Å². The molecule has 0 saturated carbocycles. The lowest BCUT2D eigenvalue weighted by molar-refractivity contribution is 0.791. The van der Waals surface area contributed by atoms with Crippen LogP contribution in [-0.2, 0) is 0 Å². The van der Waals surface area contributed by atoms with E-state index in [2.05, 4.69) is 31.5 Å². The van der Waals surface area contributed by atoms with Crippen molar-refractivity contribution in [2.75, 3.05) is 5.73 Å². The van der Waals surface area contributed by atoms with Crippen molar-refractivity contribution in [3.05, 3.63) is 50.9 Å². The number of halogens is 3. The molecule has 0 atom stereocenters. The Morgan fingerprint density at radius 3 is 2.62 bits per heavy atom. The molecule has 0 saturated heterocycles. The van der Waals surface area contributed by atoms with Gasteiger partial charge in [0.2, 0.25) is 0 Å². The standard InChI is InChI=1S/C13H8BrCl2N5/c14-10-4-2-8(6-11(10)16)21-13(18-19-20-21)9-3-1-7(15)5-12(9)17/h1-6H,17H2. The van der Waals surface area contributed by atoms with Gasteiger partial charge in [-0.15, -0.1) is 5.10 Å². The highest BCUT2D eigenvalue weighted by atomic mass is 79.9. The number of tetrazole rings is 1. The number of nitrogens with zero attached hydrogens (tertiary/aromatic N) is 4. The average molecular weight is 385 g/mol. The van der Waals surface area contributed by atoms with Gasteiger partial charge in [0, 0.05) is 20.7 Å². The molecular weight excluding hydrogens is 377 g/mol. The van der Waals surface area contributed by atoms with E-state index in [0.717, 1.165) is 10.2 Å². The second kappa shape index (κ2) is 5.63. The smallest absolute Gasteiger partial charge is 0.189 e. The quantitative estimate of drug-likeness (QED) is 0.678. The minimum absolute atomic E-state index is 0.502. The van der Waals surface area contributed by atoms with E-state index in [9.17, 15) is 0 Å². The largest absolute Gasteiger partial charge is 0.398 e. The van der Waals surface area contributed by atoms with Gasteiger partial charge in [-0.1, -0.05) is 23.2 Å². The molecule has 0 aliphatic heterocycles. The number of nitrogens with two attached hydrogens (primary N) is 1. The van der Waals surface area contributed by atoms with Crippen LogP contribution in [0.5, 0.6) is 0 Å². The first kappa shape index (κ1) is 14.3. The Kier molecular flexibility index (Phi) is 3.84. The predicted molar refractivity (Wildman–Crippen MR) is 86.7 cm³/mol. The SMILES string of the molecule is Nc1cc(Cl)ccc1-c1nnnn1-c1ccc(Br)c(Cl)c1. The Hall–Kier alpha value is -1.63. The van der Waals surface area contributed by atoms with Gasteiger partial charge in [0.1, 0.15) is 0 Å². The monoisotopic (exact) mass is 383 g/mol. The van der Waals surface area contributed by atoms with Gasteiger partial charge in [-0.3, -0.25) is 0 Å². The van der Waals surface area contributed by atoms with Crippen molar-refractivity contribution < 1.29 is 0 Å². The Labute approximate surface area is 138 Å². The highest BCUT2D eigenvalue weighted by Crippen LogP contribution is 2.30. The molecule has 2 aromatic carbocycles. The summed E-state index contributed by atoms with van der Waals surface area (Å²) in [6, 6.07) is 10.6. The van der Waals surface area contributed by atoms with Crippen LogP contribution < -0.4 is 5.73 Å². The average Bonchev–Trinajstić information content (AvgIpc) is 2.91. The molecule has 0 amide bonds. The van der Waals surface area contributed by atoms with Gasteiger partial charge in [-0.05, 0) is 62.8 Å². The topological polar surface area (TPSA) is 69.6 Å². The zero-order valence-electron chi connectivity index (χ0n) is 10.5. The third-order valence-electron chi connectivity index (χ3n) is 2.87. The summed E-state index contributed by atoms with van der Waals surface area (Å²) in [6.45, 7) is 0. The summed E-state index contributed by atoms with van der Waals surface area (Å²) in [7, 11) is 0. The Morgan fingerprint density at radius 1 is 1.10 bits per heavy atom. The Morgan fingerprint density at radius 2 is 1.90 bits per heavy atom. The highest BCUT2D eigenvalue weighted by molar-refractivity contribution is 9.10. The van der Waals surface area contributed by atoms with Crippen LogP contribution >= 0.6 is 39.1 Å². The normalized spacial score (nSPS) is 10.8. The zero-order valence-corrected chi connectivity index (χ0v) is 13.6. The van der Waals surface area contributed by atoms with Gasteiger partial charge in [-0.25, -0.2) is 0 Å². The Balaban J connectivity index is 2.14. The molecule has 5 nitrogen and oxygen atoms in total. The van der Waals surface area contributed by atoms with Gasteiger partial charge in [0.15, 0.2) is 5.82 Å². The van der Waals surface area contributed by atoms with Crippen molar-refractivity contribution in [2.24, 2.45) is 0 Å². The van der Waals surface area contributed by atoms with Crippen LogP contribution in [0.15, 0.2) is 40.9 Å². The number of anilines is 1. The molecule has 0 unspecified atom stereocenters. The van der Waals surface area contributed by atoms with Crippen molar-refractivity contribution >= 4 is 44.8 Å². The molecule has 21 heavy (non-hydrogen) atoms. The van der Waals surface area contributed by atoms with E-state index in [4.69, 9.17) is 28.9 Å². The van der Waals surface area contributed by atoms with Crippen molar-refractivity contribution in [3.8, 4) is 17.1 Å². The second-order valence-corrected chi connectivity index (χ2v) is 5.94. The molecule has 3 aromatic rings. The first-order chi connectivity index (χ1) is 10.1. The lowest BCUT2D eigenvalue weighted by atomic mass is 10.1. The number of rotatable bonds is 2. The van der Waals surface area contributed by atoms with Crippen LogP contribution in [0.25, 0.3) is 17.1 Å². The van der Waals surface area contributed by atoms with Gasteiger partial charge in [-0.2, -0.15) is 4.68 Å². The Bertz CT molecular complexity index is 818. The van der Waals surface area contributed by atoms with E-state index in [1.54, 1.807) is 28.9 Å². The van der Waals surface area contributed by atoms with Crippen LogP contribution in [0.3, 0.4) is 0 Å². The fraction of sp³-hybridized carbons (Fsp3) is 0. The van der Waals surface area contributed by atoms with E-state index < -0.39 is 0 Å². The summed E-state index contributed by atoms with van der Waals surface area (Å²) in [5, 5.41) is 12.9. The third kappa shape index (κ3) is 2.74. The lowest BCUT2D eigenvalue weighted by Gasteiger charge is -2.08. The van der Waals surface area contributed by atoms with Gasteiger partial charge in [0.25, 0.3) is 0 Å². The zero-order chi connectivity index (χ0) is 15.0. The maximum absolute atomic E-state index is 6.11. The number of nitrogen functional groups attached to an aromatic ring is 1. The molecule has 0 bridgehead atoms. The van der Waals surface area contributed by atoms with E-state index in [1.165, 1.54) is 0 Å². The van der Waals surface area contributed by atoms with Crippen molar-refractivity contribution in [1.82, 2.24) is 20.2 Å². The maximum atomic E-state index is 6.11. The molecule has 3 rings (SSSR count). The number of hydrogen-bond acceptors (Lipinski definition) is 4. The molecule has 1 heterocycles. The molecule has 0 spiro atoms. The van der Waals surface area contributed by atoms with E-state index in [0.29, 0.717) is 27.1 Å². The summed E-state index contributed by atoms with van der Waals surface area (Å²) in [6.07, 6.45) is 0. The highest BCUT2D eigenvalue weighted by Gasteiger charge is 2.14. The van der Waals surface area contributed by atoms with Crippen LogP contribution in [0.4, 0.5) is 5.69 Å². The van der Waals surface area contributed by atoms with Crippen LogP contribution in [0.1, 0.15) is 0 Å². The molecule has 0 aliphatic rings. The summed E-state index contributed by atoms with van der Waals surface area (Å²) < 4.78 is 2.37. The summed E-state index contributed by atoms with van der Waals surface area (Å²) in [4.78, 5) is 0. The molecule has 0 fully saturated rings. The molecule has 106 valence electrons. The van der Waals surface area contributed by atoms with E-state index in [1.807, 2.05) is 12.1 Å². The molecule has 8 heteroatoms. The van der Waals surface area contributed by atoms with Crippen LogP contribution in [-0.4, -0.2) is 20.2 Å². The summed E-state index contributed by atoms with van der Waals surface area (Å²) >= 11 is 15.4. The number of aromatic nitrogens is 4. The van der Waals surface area contributed by atoms with Crippen molar-refractivity contribution in [2.45, 2.75) is 0 Å². The summed E-state index contributed by atoms with van der Waals surface area (Å²) in [5.41, 5.74) is 7.92. The fourth-order valence-corrected chi connectivity index (χ4v) is 2.48. The minimum atomic E-state index is 0.502. The predicted octanol–water partition coefficient (Wildman–Crippen LogP) is 3.98. The van der Waals surface area contributed by atoms with Crippen LogP contribution in [0, 0.1) is 0 Å². The van der Waals surface area contributed by atoms with Gasteiger partial charge >= 0.3 is 0 Å². The second-order valence-electron chi connectivity index (χ2n) is 4.24. The fourth-order valence-electron chi connectivity index (χ4n) is 1.88. The van der Waals surface area contributed by atoms with Crippen molar-refractivity contribution in [3.63, 3.8) is 0 Å². The molecular formula is C13H8BrCl2N5. The first-order valence-corrected chi connectivity index (χ1v) is 7.40. The van der Waals surface area contributed by atoms with Gasteiger partial charge < -0.3 is 5.73 Å². The molecule has 2 N–H and O–H groups in total.